The third-order valence-electron chi connectivity index (χ3n) is 6.00. The molecular weight excluding hydrogens is 438 g/mol. The zero-order chi connectivity index (χ0) is 25.5. The average molecular weight is 476 g/mol. The Balaban J connectivity index is 1.98. The van der Waals surface area contributed by atoms with E-state index in [0.717, 1.165) is 0 Å². The number of likely N-dealkylation sites (tertiary alicyclic amines) is 1. The number of rotatable bonds is 8. The molecule has 1 heterocycles. The second-order valence-electron chi connectivity index (χ2n) is 9.80. The highest BCUT2D eigenvalue weighted by molar-refractivity contribution is 5.88. The van der Waals surface area contributed by atoms with Gasteiger partial charge in [-0.25, -0.2) is 9.59 Å². The van der Waals surface area contributed by atoms with Gasteiger partial charge in [0.2, 0.25) is 11.8 Å². The van der Waals surface area contributed by atoms with Crippen LogP contribution < -0.4 is 10.6 Å². The van der Waals surface area contributed by atoms with Crippen LogP contribution in [-0.2, 0) is 19.1 Å². The molecule has 0 radical (unpaired) electrons. The fourth-order valence-electron chi connectivity index (χ4n) is 3.87. The minimum absolute atomic E-state index is 0.0942. The van der Waals surface area contributed by atoms with Gasteiger partial charge in [-0.15, -0.1) is 0 Å². The van der Waals surface area contributed by atoms with Crippen molar-refractivity contribution in [3.8, 4) is 0 Å². The quantitative estimate of drug-likeness (QED) is 0.531. The highest BCUT2D eigenvalue weighted by Gasteiger charge is 2.35. The number of ether oxygens (including phenoxy) is 1. The van der Waals surface area contributed by atoms with Crippen molar-refractivity contribution < 1.29 is 29.0 Å². The number of hydrogen-bond acceptors (Lipinski definition) is 5. The lowest BCUT2D eigenvalue weighted by Crippen LogP contribution is -2.54. The fourth-order valence-corrected chi connectivity index (χ4v) is 3.87. The van der Waals surface area contributed by atoms with Crippen molar-refractivity contribution in [3.63, 3.8) is 0 Å². The smallest absolute Gasteiger partial charge is 0.408 e. The zero-order valence-corrected chi connectivity index (χ0v) is 20.7. The molecule has 3 unspecified atom stereocenters. The summed E-state index contributed by atoms with van der Waals surface area (Å²) in [5.41, 5.74) is -0.174. The van der Waals surface area contributed by atoms with Crippen LogP contribution in [-0.4, -0.2) is 58.6 Å². The molecule has 0 aromatic heterocycles. The molecule has 0 saturated carbocycles. The Morgan fingerprint density at radius 2 is 1.68 bits per heavy atom. The van der Waals surface area contributed by atoms with Gasteiger partial charge in [0.05, 0.1) is 0 Å². The Morgan fingerprint density at radius 3 is 2.18 bits per heavy atom. The molecule has 0 aliphatic carbocycles. The number of carbonyl (C=O) groups is 4. The van der Waals surface area contributed by atoms with E-state index in [2.05, 4.69) is 10.6 Å². The standard InChI is InChI=1S/C25H37N3O6/c1-6-16(2)19(27-24(33)34-25(3,4)5)22(30)28-14-12-18(13-15-28)21(29)26-20(23(31)32)17-10-8-7-9-11-17/h7-11,16,18-20H,6,12-15H2,1-5H3,(H,26,29)(H,27,33)(H,31,32). The van der Waals surface area contributed by atoms with Crippen molar-refractivity contribution in [3.05, 3.63) is 35.9 Å². The molecule has 1 aliphatic heterocycles. The van der Waals surface area contributed by atoms with E-state index in [0.29, 0.717) is 37.9 Å². The van der Waals surface area contributed by atoms with Crippen LogP contribution in [0.3, 0.4) is 0 Å². The number of benzene rings is 1. The minimum Gasteiger partial charge on any atom is -0.479 e. The summed E-state index contributed by atoms with van der Waals surface area (Å²) in [5.74, 6) is -2.16. The van der Waals surface area contributed by atoms with Crippen LogP contribution in [0, 0.1) is 11.8 Å². The lowest BCUT2D eigenvalue weighted by atomic mass is 9.92. The normalized spacial score (nSPS) is 17.3. The maximum atomic E-state index is 13.2. The highest BCUT2D eigenvalue weighted by Crippen LogP contribution is 2.22. The lowest BCUT2D eigenvalue weighted by Gasteiger charge is -2.35. The van der Waals surface area contributed by atoms with Crippen molar-refractivity contribution in [2.75, 3.05) is 13.1 Å². The monoisotopic (exact) mass is 475 g/mol. The van der Waals surface area contributed by atoms with Crippen LogP contribution >= 0.6 is 0 Å². The number of piperidine rings is 1. The van der Waals surface area contributed by atoms with Crippen LogP contribution in [0.15, 0.2) is 30.3 Å². The van der Waals surface area contributed by atoms with Crippen LogP contribution in [0.1, 0.15) is 65.5 Å². The van der Waals surface area contributed by atoms with Crippen molar-refractivity contribution in [1.82, 2.24) is 15.5 Å². The van der Waals surface area contributed by atoms with Gasteiger partial charge in [-0.2, -0.15) is 0 Å². The molecule has 0 bridgehead atoms. The molecule has 9 nitrogen and oxygen atoms in total. The van der Waals surface area contributed by atoms with E-state index < -0.39 is 35.7 Å². The first-order valence-electron chi connectivity index (χ1n) is 11.8. The highest BCUT2D eigenvalue weighted by atomic mass is 16.6. The average Bonchev–Trinajstić information content (AvgIpc) is 2.79. The summed E-state index contributed by atoms with van der Waals surface area (Å²) in [4.78, 5) is 51.6. The molecule has 0 spiro atoms. The van der Waals surface area contributed by atoms with Crippen LogP contribution in [0.4, 0.5) is 4.79 Å². The van der Waals surface area contributed by atoms with E-state index in [1.165, 1.54) is 0 Å². The van der Waals surface area contributed by atoms with E-state index in [-0.39, 0.29) is 17.7 Å². The summed E-state index contributed by atoms with van der Waals surface area (Å²) in [6.07, 6.45) is 0.888. The third-order valence-corrected chi connectivity index (χ3v) is 6.00. The van der Waals surface area contributed by atoms with E-state index in [1.807, 2.05) is 13.8 Å². The second kappa shape index (κ2) is 11.9. The van der Waals surface area contributed by atoms with Gasteiger partial charge in [0.1, 0.15) is 11.6 Å². The number of hydrogen-bond donors (Lipinski definition) is 3. The number of carbonyl (C=O) groups excluding carboxylic acids is 3. The molecule has 34 heavy (non-hydrogen) atoms. The molecule has 3 N–H and O–H groups in total. The molecule has 2 rings (SSSR count). The molecule has 3 atom stereocenters. The summed E-state index contributed by atoms with van der Waals surface area (Å²) in [5, 5.41) is 14.9. The topological polar surface area (TPSA) is 125 Å². The van der Waals surface area contributed by atoms with Gasteiger partial charge in [-0.3, -0.25) is 9.59 Å². The summed E-state index contributed by atoms with van der Waals surface area (Å²) >= 11 is 0. The molecule has 9 heteroatoms. The minimum atomic E-state index is -1.13. The van der Waals surface area contributed by atoms with E-state index in [1.54, 1.807) is 56.0 Å². The Morgan fingerprint density at radius 1 is 1.09 bits per heavy atom. The van der Waals surface area contributed by atoms with Gasteiger partial charge < -0.3 is 25.4 Å². The summed E-state index contributed by atoms with van der Waals surface area (Å²) in [6.45, 7) is 9.82. The number of nitrogens with zero attached hydrogens (tertiary/aromatic N) is 1. The van der Waals surface area contributed by atoms with Gasteiger partial charge in [-0.1, -0.05) is 50.6 Å². The second-order valence-corrected chi connectivity index (χ2v) is 9.80. The SMILES string of the molecule is CCC(C)C(NC(=O)OC(C)(C)C)C(=O)N1CCC(C(=O)NC(C(=O)O)c2ccccc2)CC1. The molecule has 1 aromatic carbocycles. The van der Waals surface area contributed by atoms with E-state index in [4.69, 9.17) is 4.74 Å². The van der Waals surface area contributed by atoms with Crippen molar-refractivity contribution in [2.45, 2.75) is 71.6 Å². The van der Waals surface area contributed by atoms with Crippen LogP contribution in [0.2, 0.25) is 0 Å². The van der Waals surface area contributed by atoms with Crippen LogP contribution in [0.5, 0.6) is 0 Å². The number of amides is 3. The zero-order valence-electron chi connectivity index (χ0n) is 20.7. The first-order valence-corrected chi connectivity index (χ1v) is 11.8. The Labute approximate surface area is 201 Å². The fraction of sp³-hybridized carbons (Fsp3) is 0.600. The Hall–Kier alpha value is -3.10. The molecule has 1 aliphatic rings. The van der Waals surface area contributed by atoms with Gasteiger partial charge >= 0.3 is 12.1 Å². The number of carboxylic acid groups (broad SMARTS) is 1. The lowest BCUT2D eigenvalue weighted by molar-refractivity contribution is -0.143. The first-order chi connectivity index (χ1) is 15.9. The molecular formula is C25H37N3O6. The summed E-state index contributed by atoms with van der Waals surface area (Å²) in [7, 11) is 0. The molecule has 188 valence electrons. The van der Waals surface area contributed by atoms with Gasteiger partial charge in [0.25, 0.3) is 0 Å². The van der Waals surface area contributed by atoms with Crippen molar-refractivity contribution >= 4 is 23.9 Å². The molecule has 3 amide bonds. The number of carboxylic acids is 1. The van der Waals surface area contributed by atoms with Crippen molar-refractivity contribution in [2.24, 2.45) is 11.8 Å². The van der Waals surface area contributed by atoms with Crippen molar-refractivity contribution in [1.29, 1.82) is 0 Å². The molecule has 1 aromatic rings. The predicted molar refractivity (Wildman–Crippen MR) is 127 cm³/mol. The van der Waals surface area contributed by atoms with Crippen LogP contribution in [0.25, 0.3) is 0 Å². The van der Waals surface area contributed by atoms with E-state index >= 15 is 0 Å². The number of nitrogens with one attached hydrogen (secondary N) is 2. The third kappa shape index (κ3) is 7.74. The number of aliphatic carboxylic acids is 1. The first kappa shape index (κ1) is 27.1. The predicted octanol–water partition coefficient (Wildman–Crippen LogP) is 3.11. The summed E-state index contributed by atoms with van der Waals surface area (Å²) < 4.78 is 5.32. The van der Waals surface area contributed by atoms with Gasteiger partial charge in [-0.05, 0) is 45.1 Å². The Bertz CT molecular complexity index is 859. The molecule has 1 fully saturated rings. The van der Waals surface area contributed by atoms with Gasteiger partial charge in [0, 0.05) is 19.0 Å². The Kier molecular flexibility index (Phi) is 9.46. The maximum Gasteiger partial charge on any atom is 0.408 e. The molecule has 1 saturated heterocycles. The number of alkyl carbamates (subject to hydrolysis) is 1. The largest absolute Gasteiger partial charge is 0.479 e. The van der Waals surface area contributed by atoms with Gasteiger partial charge in [0.15, 0.2) is 6.04 Å². The summed E-state index contributed by atoms with van der Waals surface area (Å²) in [6, 6.07) is 6.70. The maximum absolute atomic E-state index is 13.2. The van der Waals surface area contributed by atoms with E-state index in [9.17, 15) is 24.3 Å².